The number of ether oxygens (including phenoxy) is 1. The van der Waals surface area contributed by atoms with Crippen molar-refractivity contribution in [2.24, 2.45) is 0 Å². The van der Waals surface area contributed by atoms with E-state index < -0.39 is 16.1 Å². The highest BCUT2D eigenvalue weighted by molar-refractivity contribution is 7.89. The molecule has 0 saturated carbocycles. The first-order valence-corrected chi connectivity index (χ1v) is 10.7. The monoisotopic (exact) mass is 402 g/mol. The Morgan fingerprint density at radius 1 is 1.18 bits per heavy atom. The summed E-state index contributed by atoms with van der Waals surface area (Å²) in [6.45, 7) is 4.52. The molecule has 2 aromatic carbocycles. The van der Waals surface area contributed by atoms with E-state index in [9.17, 15) is 13.2 Å². The molecule has 28 heavy (non-hydrogen) atoms. The topological polar surface area (TPSA) is 75.7 Å². The summed E-state index contributed by atoms with van der Waals surface area (Å²) in [4.78, 5) is 13.1. The zero-order valence-electron chi connectivity index (χ0n) is 16.4. The second kappa shape index (κ2) is 8.43. The molecule has 1 aliphatic heterocycles. The molecule has 1 N–H and O–H groups in total. The molecule has 0 aromatic heterocycles. The number of amides is 1. The molecule has 0 spiro atoms. The third-order valence-corrected chi connectivity index (χ3v) is 7.04. The largest absolute Gasteiger partial charge is 0.383 e. The van der Waals surface area contributed by atoms with Crippen molar-refractivity contribution >= 4 is 15.9 Å². The highest BCUT2D eigenvalue weighted by atomic mass is 32.2. The number of hydrogen-bond acceptors (Lipinski definition) is 4. The highest BCUT2D eigenvalue weighted by Gasteiger charge is 2.40. The van der Waals surface area contributed by atoms with E-state index in [-0.39, 0.29) is 17.3 Å². The number of benzene rings is 2. The predicted octanol–water partition coefficient (Wildman–Crippen LogP) is 2.18. The lowest BCUT2D eigenvalue weighted by Gasteiger charge is -2.35. The lowest BCUT2D eigenvalue weighted by atomic mass is 9.95. The summed E-state index contributed by atoms with van der Waals surface area (Å²) in [5, 5.41) is 2.79. The maximum atomic E-state index is 13.5. The second-order valence-corrected chi connectivity index (χ2v) is 8.95. The number of nitrogens with one attached hydrogen (secondary N) is 1. The van der Waals surface area contributed by atoms with Crippen LogP contribution in [0.3, 0.4) is 0 Å². The van der Waals surface area contributed by atoms with Gasteiger partial charge in [-0.2, -0.15) is 4.31 Å². The number of nitrogens with zero attached hydrogens (tertiary/aromatic N) is 1. The van der Waals surface area contributed by atoms with Crippen molar-refractivity contribution in [2.45, 2.75) is 37.8 Å². The van der Waals surface area contributed by atoms with Gasteiger partial charge in [0.15, 0.2) is 0 Å². The minimum absolute atomic E-state index is 0.175. The summed E-state index contributed by atoms with van der Waals surface area (Å²) in [5.41, 5.74) is 3.46. The van der Waals surface area contributed by atoms with Crippen LogP contribution in [-0.2, 0) is 32.5 Å². The Kier molecular flexibility index (Phi) is 6.17. The van der Waals surface area contributed by atoms with E-state index in [1.165, 1.54) is 4.31 Å². The van der Waals surface area contributed by atoms with Crippen LogP contribution in [-0.4, -0.2) is 44.9 Å². The van der Waals surface area contributed by atoms with Gasteiger partial charge in [-0.1, -0.05) is 36.4 Å². The van der Waals surface area contributed by atoms with Crippen LogP contribution < -0.4 is 5.32 Å². The lowest BCUT2D eigenvalue weighted by Crippen LogP contribution is -2.52. The normalized spacial score (nSPS) is 17.2. The molecule has 0 bridgehead atoms. The van der Waals surface area contributed by atoms with Gasteiger partial charge in [-0.15, -0.1) is 0 Å². The lowest BCUT2D eigenvalue weighted by molar-refractivity contribution is -0.125. The molecule has 0 fully saturated rings. The smallest absolute Gasteiger partial charge is 0.244 e. The van der Waals surface area contributed by atoms with Crippen molar-refractivity contribution in [3.05, 3.63) is 64.7 Å². The van der Waals surface area contributed by atoms with Crippen molar-refractivity contribution in [1.82, 2.24) is 9.62 Å². The average Bonchev–Trinajstić information content (AvgIpc) is 2.68. The van der Waals surface area contributed by atoms with Gasteiger partial charge in [-0.3, -0.25) is 4.79 Å². The van der Waals surface area contributed by atoms with Gasteiger partial charge in [0.2, 0.25) is 15.9 Å². The van der Waals surface area contributed by atoms with Gasteiger partial charge in [0.25, 0.3) is 0 Å². The van der Waals surface area contributed by atoms with E-state index in [1.54, 1.807) is 26.2 Å². The highest BCUT2D eigenvalue weighted by Crippen LogP contribution is 2.30. The van der Waals surface area contributed by atoms with Crippen LogP contribution in [0.4, 0.5) is 0 Å². The Morgan fingerprint density at radius 2 is 1.89 bits per heavy atom. The molecule has 0 saturated heterocycles. The summed E-state index contributed by atoms with van der Waals surface area (Å²) in [5.74, 6) is -0.305. The summed E-state index contributed by atoms with van der Waals surface area (Å²) in [6.07, 6.45) is 0.346. The Hall–Kier alpha value is -2.22. The number of rotatable bonds is 6. The summed E-state index contributed by atoms with van der Waals surface area (Å²) >= 11 is 0. The molecule has 1 heterocycles. The second-order valence-electron chi connectivity index (χ2n) is 7.09. The van der Waals surface area contributed by atoms with Crippen LogP contribution in [0.1, 0.15) is 22.3 Å². The number of methoxy groups -OCH3 is 1. The number of carbonyl (C=O) groups is 1. The number of aryl methyl sites for hydroxylation is 2. The zero-order valence-corrected chi connectivity index (χ0v) is 17.3. The minimum Gasteiger partial charge on any atom is -0.383 e. The van der Waals surface area contributed by atoms with E-state index in [0.717, 1.165) is 16.7 Å². The summed E-state index contributed by atoms with van der Waals surface area (Å²) in [7, 11) is -2.29. The van der Waals surface area contributed by atoms with Gasteiger partial charge >= 0.3 is 0 Å². The molecule has 0 aliphatic carbocycles. The average molecular weight is 403 g/mol. The first-order chi connectivity index (χ1) is 13.3. The van der Waals surface area contributed by atoms with Gasteiger partial charge < -0.3 is 10.1 Å². The van der Waals surface area contributed by atoms with E-state index in [1.807, 2.05) is 37.3 Å². The van der Waals surface area contributed by atoms with Crippen molar-refractivity contribution < 1.29 is 17.9 Å². The fraction of sp³-hybridized carbons (Fsp3) is 0.381. The maximum absolute atomic E-state index is 13.5. The van der Waals surface area contributed by atoms with Crippen molar-refractivity contribution in [3.8, 4) is 0 Å². The minimum atomic E-state index is -3.84. The Balaban J connectivity index is 2.01. The van der Waals surface area contributed by atoms with Crippen LogP contribution in [0.15, 0.2) is 47.4 Å². The summed E-state index contributed by atoms with van der Waals surface area (Å²) < 4.78 is 33.4. The van der Waals surface area contributed by atoms with Gasteiger partial charge in [-0.05, 0) is 48.6 Å². The molecule has 1 atom stereocenters. The number of sulfonamides is 1. The first kappa shape index (κ1) is 20.5. The van der Waals surface area contributed by atoms with Gasteiger partial charge in [-0.25, -0.2) is 8.42 Å². The van der Waals surface area contributed by atoms with E-state index in [0.29, 0.717) is 25.1 Å². The van der Waals surface area contributed by atoms with Gasteiger partial charge in [0, 0.05) is 20.2 Å². The molecule has 0 radical (unpaired) electrons. The van der Waals surface area contributed by atoms with Gasteiger partial charge in [0.1, 0.15) is 6.04 Å². The number of fused-ring (bicyclic) bond motifs is 1. The molecule has 1 unspecified atom stereocenters. The first-order valence-electron chi connectivity index (χ1n) is 9.27. The van der Waals surface area contributed by atoms with E-state index in [4.69, 9.17) is 4.74 Å². The molecule has 1 aliphatic rings. The van der Waals surface area contributed by atoms with Crippen LogP contribution in [0.5, 0.6) is 0 Å². The van der Waals surface area contributed by atoms with E-state index >= 15 is 0 Å². The van der Waals surface area contributed by atoms with Crippen LogP contribution in [0.2, 0.25) is 0 Å². The molecule has 1 amide bonds. The SMILES string of the molecule is COCCNC(=O)C1Cc2ccccc2CN1S(=O)(=O)c1cc(C)ccc1C. The molecule has 2 aromatic rings. The van der Waals surface area contributed by atoms with Crippen molar-refractivity contribution in [3.63, 3.8) is 0 Å². The molecule has 3 rings (SSSR count). The molecule has 7 heteroatoms. The summed E-state index contributed by atoms with van der Waals surface area (Å²) in [6, 6.07) is 12.2. The Labute approximate surface area is 166 Å². The quantitative estimate of drug-likeness (QED) is 0.752. The standard InChI is InChI=1S/C21H26N2O4S/c1-15-8-9-16(2)20(12-15)28(25,26)23-14-18-7-5-4-6-17(18)13-19(23)21(24)22-10-11-27-3/h4-9,12,19H,10-11,13-14H2,1-3H3,(H,22,24). The predicted molar refractivity (Wildman–Crippen MR) is 107 cm³/mol. The molecular formula is C21H26N2O4S. The fourth-order valence-corrected chi connectivity index (χ4v) is 5.36. The van der Waals surface area contributed by atoms with Crippen LogP contribution in [0.25, 0.3) is 0 Å². The Bertz CT molecular complexity index is 972. The molecular weight excluding hydrogens is 376 g/mol. The Morgan fingerprint density at radius 3 is 2.61 bits per heavy atom. The fourth-order valence-electron chi connectivity index (χ4n) is 3.48. The van der Waals surface area contributed by atoms with Crippen molar-refractivity contribution in [2.75, 3.05) is 20.3 Å². The van der Waals surface area contributed by atoms with Crippen LogP contribution in [0, 0.1) is 13.8 Å². The number of carbonyl (C=O) groups excluding carboxylic acids is 1. The third kappa shape index (κ3) is 4.11. The molecule has 150 valence electrons. The zero-order chi connectivity index (χ0) is 20.3. The third-order valence-electron chi connectivity index (χ3n) is 5.04. The molecule has 6 nitrogen and oxygen atoms in total. The van der Waals surface area contributed by atoms with Crippen LogP contribution >= 0.6 is 0 Å². The maximum Gasteiger partial charge on any atom is 0.244 e. The van der Waals surface area contributed by atoms with E-state index in [2.05, 4.69) is 5.32 Å². The van der Waals surface area contributed by atoms with Crippen molar-refractivity contribution in [1.29, 1.82) is 0 Å². The number of hydrogen-bond donors (Lipinski definition) is 1. The van der Waals surface area contributed by atoms with Gasteiger partial charge in [0.05, 0.1) is 11.5 Å².